The summed E-state index contributed by atoms with van der Waals surface area (Å²) >= 11 is 0. The minimum atomic E-state index is -0.319. The number of rotatable bonds is 1. The van der Waals surface area contributed by atoms with Crippen LogP contribution in [0.5, 0.6) is 0 Å². The number of amides is 1. The van der Waals surface area contributed by atoms with Crippen LogP contribution >= 0.6 is 0 Å². The van der Waals surface area contributed by atoms with E-state index >= 15 is 0 Å². The molecule has 0 radical (unpaired) electrons. The summed E-state index contributed by atoms with van der Waals surface area (Å²) in [6, 6.07) is -0.307. The highest BCUT2D eigenvalue weighted by atomic mass is 16.5. The molecule has 14 heavy (non-hydrogen) atoms. The number of hydrogen-bond acceptors (Lipinski definition) is 4. The fraction of sp³-hybridized carbons (Fsp3) is 0.889. The van der Waals surface area contributed by atoms with E-state index in [4.69, 9.17) is 10.5 Å². The molecule has 2 aliphatic heterocycles. The van der Waals surface area contributed by atoms with Crippen LogP contribution in [0.15, 0.2) is 0 Å². The highest BCUT2D eigenvalue weighted by Gasteiger charge is 2.43. The SMILES string of the molecule is CN1CCC2(CC1)NC(C(N)=O)CO2. The van der Waals surface area contributed by atoms with Crippen molar-refractivity contribution in [1.29, 1.82) is 0 Å². The van der Waals surface area contributed by atoms with Crippen LogP contribution in [-0.4, -0.2) is 49.3 Å². The third kappa shape index (κ3) is 1.75. The highest BCUT2D eigenvalue weighted by molar-refractivity contribution is 5.80. The van der Waals surface area contributed by atoms with Gasteiger partial charge in [0.05, 0.1) is 6.61 Å². The molecule has 1 unspecified atom stereocenters. The van der Waals surface area contributed by atoms with Crippen LogP contribution < -0.4 is 11.1 Å². The van der Waals surface area contributed by atoms with E-state index in [9.17, 15) is 4.79 Å². The van der Waals surface area contributed by atoms with Gasteiger partial charge in [0.25, 0.3) is 0 Å². The monoisotopic (exact) mass is 199 g/mol. The first-order valence-electron chi connectivity index (χ1n) is 5.01. The smallest absolute Gasteiger partial charge is 0.237 e. The van der Waals surface area contributed by atoms with Crippen molar-refractivity contribution in [1.82, 2.24) is 10.2 Å². The Kier molecular flexibility index (Phi) is 2.47. The Morgan fingerprint density at radius 1 is 1.57 bits per heavy atom. The number of nitrogens with zero attached hydrogens (tertiary/aromatic N) is 1. The van der Waals surface area contributed by atoms with E-state index in [2.05, 4.69) is 17.3 Å². The van der Waals surface area contributed by atoms with Crippen LogP contribution in [0.1, 0.15) is 12.8 Å². The molecule has 5 heteroatoms. The van der Waals surface area contributed by atoms with E-state index in [0.717, 1.165) is 25.9 Å². The van der Waals surface area contributed by atoms with Gasteiger partial charge in [-0.2, -0.15) is 0 Å². The lowest BCUT2D eigenvalue weighted by Gasteiger charge is -2.37. The van der Waals surface area contributed by atoms with Crippen molar-refractivity contribution < 1.29 is 9.53 Å². The zero-order chi connectivity index (χ0) is 10.2. The van der Waals surface area contributed by atoms with Crippen LogP contribution in [0.25, 0.3) is 0 Å². The quantitative estimate of drug-likeness (QED) is 0.561. The van der Waals surface area contributed by atoms with Gasteiger partial charge in [0, 0.05) is 25.9 Å². The molecule has 1 atom stereocenters. The number of carbonyl (C=O) groups excluding carboxylic acids is 1. The summed E-state index contributed by atoms with van der Waals surface area (Å²) in [5, 5.41) is 3.20. The molecule has 0 aromatic heterocycles. The Bertz CT molecular complexity index is 236. The van der Waals surface area contributed by atoms with Crippen molar-refractivity contribution in [3.8, 4) is 0 Å². The van der Waals surface area contributed by atoms with Crippen molar-refractivity contribution in [3.63, 3.8) is 0 Å². The maximum Gasteiger partial charge on any atom is 0.237 e. The molecule has 2 saturated heterocycles. The average molecular weight is 199 g/mol. The van der Waals surface area contributed by atoms with Crippen molar-refractivity contribution in [2.24, 2.45) is 5.73 Å². The number of carbonyl (C=O) groups is 1. The van der Waals surface area contributed by atoms with Crippen LogP contribution in [0, 0.1) is 0 Å². The van der Waals surface area contributed by atoms with E-state index in [1.54, 1.807) is 0 Å². The van der Waals surface area contributed by atoms with Crippen LogP contribution in [-0.2, 0) is 9.53 Å². The number of likely N-dealkylation sites (tertiary alicyclic amines) is 1. The highest BCUT2D eigenvalue weighted by Crippen LogP contribution is 2.27. The van der Waals surface area contributed by atoms with Gasteiger partial charge in [-0.15, -0.1) is 0 Å². The third-order valence-corrected chi connectivity index (χ3v) is 3.10. The molecule has 1 spiro atoms. The first-order chi connectivity index (χ1) is 6.61. The number of piperidine rings is 1. The molecule has 3 N–H and O–H groups in total. The zero-order valence-electron chi connectivity index (χ0n) is 8.45. The number of hydrogen-bond donors (Lipinski definition) is 2. The molecule has 80 valence electrons. The molecule has 5 nitrogen and oxygen atoms in total. The Morgan fingerprint density at radius 2 is 2.21 bits per heavy atom. The number of ether oxygens (including phenoxy) is 1. The van der Waals surface area contributed by atoms with Gasteiger partial charge in [0.15, 0.2) is 0 Å². The molecular weight excluding hydrogens is 182 g/mol. The molecule has 0 aliphatic carbocycles. The maximum atomic E-state index is 11.0. The second-order valence-corrected chi connectivity index (χ2v) is 4.21. The summed E-state index contributed by atoms with van der Waals surface area (Å²) in [7, 11) is 2.09. The molecule has 0 saturated carbocycles. The largest absolute Gasteiger partial charge is 0.368 e. The van der Waals surface area contributed by atoms with Crippen LogP contribution in [0.4, 0.5) is 0 Å². The Morgan fingerprint density at radius 3 is 2.71 bits per heavy atom. The van der Waals surface area contributed by atoms with Gasteiger partial charge in [-0.3, -0.25) is 10.1 Å². The molecule has 0 aromatic rings. The van der Waals surface area contributed by atoms with Crippen LogP contribution in [0.3, 0.4) is 0 Å². The van der Waals surface area contributed by atoms with E-state index in [1.165, 1.54) is 0 Å². The van der Waals surface area contributed by atoms with Gasteiger partial charge >= 0.3 is 0 Å². The topological polar surface area (TPSA) is 67.6 Å². The molecular formula is C9H17N3O2. The molecule has 2 fully saturated rings. The normalized spacial score (nSPS) is 32.2. The molecule has 2 aliphatic rings. The lowest BCUT2D eigenvalue weighted by atomic mass is 10.0. The Hall–Kier alpha value is -0.650. The van der Waals surface area contributed by atoms with Gasteiger partial charge in [0.1, 0.15) is 11.8 Å². The summed E-state index contributed by atoms with van der Waals surface area (Å²) in [4.78, 5) is 13.2. The van der Waals surface area contributed by atoms with E-state index in [-0.39, 0.29) is 17.7 Å². The van der Waals surface area contributed by atoms with Crippen molar-refractivity contribution in [3.05, 3.63) is 0 Å². The third-order valence-electron chi connectivity index (χ3n) is 3.10. The molecule has 2 heterocycles. The summed E-state index contributed by atoms with van der Waals surface area (Å²) < 4.78 is 5.67. The van der Waals surface area contributed by atoms with Gasteiger partial charge in [-0.1, -0.05) is 0 Å². The standard InChI is InChI=1S/C9H17N3O2/c1-12-4-2-9(3-5-12)11-7(6-14-9)8(10)13/h7,11H,2-6H2,1H3,(H2,10,13). The predicted octanol–water partition coefficient (Wildman–Crippen LogP) is -1.12. The first-order valence-corrected chi connectivity index (χ1v) is 5.01. The summed E-state index contributed by atoms with van der Waals surface area (Å²) in [6.07, 6.45) is 1.85. The maximum absolute atomic E-state index is 11.0. The first kappa shape index (κ1) is 9.89. The van der Waals surface area contributed by atoms with Crippen molar-refractivity contribution in [2.75, 3.05) is 26.7 Å². The number of nitrogens with one attached hydrogen (secondary N) is 1. The minimum absolute atomic E-state index is 0.286. The molecule has 1 amide bonds. The Labute approximate surface area is 83.6 Å². The zero-order valence-corrected chi connectivity index (χ0v) is 8.45. The van der Waals surface area contributed by atoms with Crippen LogP contribution in [0.2, 0.25) is 0 Å². The van der Waals surface area contributed by atoms with Gasteiger partial charge in [-0.25, -0.2) is 0 Å². The number of nitrogens with two attached hydrogens (primary N) is 1. The summed E-state index contributed by atoms with van der Waals surface area (Å²) in [5.41, 5.74) is 4.94. The summed E-state index contributed by atoms with van der Waals surface area (Å²) in [5.74, 6) is -0.319. The molecule has 2 rings (SSSR count). The van der Waals surface area contributed by atoms with E-state index < -0.39 is 0 Å². The molecule has 0 aromatic carbocycles. The lowest BCUT2D eigenvalue weighted by Crippen LogP contribution is -2.53. The fourth-order valence-corrected chi connectivity index (χ4v) is 2.07. The minimum Gasteiger partial charge on any atom is -0.368 e. The van der Waals surface area contributed by atoms with Crippen molar-refractivity contribution >= 4 is 5.91 Å². The predicted molar refractivity (Wildman–Crippen MR) is 51.5 cm³/mol. The average Bonchev–Trinajstić information content (AvgIpc) is 2.56. The number of primary amides is 1. The van der Waals surface area contributed by atoms with E-state index in [0.29, 0.717) is 6.61 Å². The lowest BCUT2D eigenvalue weighted by molar-refractivity contribution is -0.119. The van der Waals surface area contributed by atoms with Crippen molar-refractivity contribution in [2.45, 2.75) is 24.6 Å². The molecule has 0 bridgehead atoms. The second-order valence-electron chi connectivity index (χ2n) is 4.21. The van der Waals surface area contributed by atoms with Gasteiger partial charge in [-0.05, 0) is 7.05 Å². The van der Waals surface area contributed by atoms with Gasteiger partial charge in [0.2, 0.25) is 5.91 Å². The van der Waals surface area contributed by atoms with Gasteiger partial charge < -0.3 is 15.4 Å². The Balaban J connectivity index is 1.96. The van der Waals surface area contributed by atoms with E-state index in [1.807, 2.05) is 0 Å². The fourth-order valence-electron chi connectivity index (χ4n) is 2.07. The second kappa shape index (κ2) is 3.49. The summed E-state index contributed by atoms with van der Waals surface area (Å²) in [6.45, 7) is 2.41.